The van der Waals surface area contributed by atoms with Gasteiger partial charge in [-0.3, -0.25) is 4.79 Å². The number of aliphatic hydroxyl groups is 1. The Bertz CT molecular complexity index is 976. The number of fused-ring (bicyclic) bond motifs is 5. The Labute approximate surface area is 163 Å². The Morgan fingerprint density at radius 3 is 2.39 bits per heavy atom. The highest BCUT2D eigenvalue weighted by Crippen LogP contribution is 2.60. The van der Waals surface area contributed by atoms with E-state index in [4.69, 9.17) is 4.74 Å². The van der Waals surface area contributed by atoms with Crippen LogP contribution in [0.25, 0.3) is 5.57 Å². The quantitative estimate of drug-likeness (QED) is 0.743. The van der Waals surface area contributed by atoms with Crippen molar-refractivity contribution in [1.29, 1.82) is 0 Å². The van der Waals surface area contributed by atoms with E-state index in [1.54, 1.807) is 12.1 Å². The van der Waals surface area contributed by atoms with Crippen LogP contribution in [0.3, 0.4) is 0 Å². The van der Waals surface area contributed by atoms with Crippen molar-refractivity contribution in [1.82, 2.24) is 0 Å². The van der Waals surface area contributed by atoms with Gasteiger partial charge in [0.1, 0.15) is 23.1 Å². The normalized spacial score (nSPS) is 28.1. The minimum absolute atomic E-state index is 0.00706. The molecule has 5 rings (SSSR count). The third-order valence-electron chi connectivity index (χ3n) is 6.82. The number of allylic oxidation sites excluding steroid dienone is 2. The van der Waals surface area contributed by atoms with Crippen molar-refractivity contribution in [3.05, 3.63) is 65.2 Å². The van der Waals surface area contributed by atoms with E-state index in [9.17, 15) is 14.3 Å². The second-order valence-corrected chi connectivity index (χ2v) is 8.24. The monoisotopic (exact) mass is 378 g/mol. The summed E-state index contributed by atoms with van der Waals surface area (Å²) in [6, 6.07) is 11.5. The van der Waals surface area contributed by atoms with Gasteiger partial charge in [0.25, 0.3) is 0 Å². The number of ketones is 1. The molecule has 3 nitrogen and oxygen atoms in total. The van der Waals surface area contributed by atoms with Gasteiger partial charge in [0.2, 0.25) is 0 Å². The number of ether oxygens (including phenoxy) is 1. The van der Waals surface area contributed by atoms with Crippen LogP contribution in [-0.2, 0) is 11.2 Å². The number of carbonyl (C=O) groups excluding carboxylic acids is 1. The van der Waals surface area contributed by atoms with Gasteiger partial charge in [0.05, 0.1) is 5.57 Å². The second-order valence-electron chi connectivity index (χ2n) is 8.24. The molecule has 144 valence electrons. The zero-order valence-corrected chi connectivity index (χ0v) is 15.8. The van der Waals surface area contributed by atoms with Gasteiger partial charge in [-0.2, -0.15) is 0 Å². The van der Waals surface area contributed by atoms with Crippen LogP contribution in [0.15, 0.2) is 48.2 Å². The van der Waals surface area contributed by atoms with Crippen LogP contribution in [-0.4, -0.2) is 10.9 Å². The van der Waals surface area contributed by atoms with Crippen molar-refractivity contribution >= 4 is 11.4 Å². The maximum absolute atomic E-state index is 13.3. The van der Waals surface area contributed by atoms with Crippen LogP contribution in [0.5, 0.6) is 11.5 Å². The van der Waals surface area contributed by atoms with Gasteiger partial charge in [-0.1, -0.05) is 13.0 Å². The molecule has 2 bridgehead atoms. The minimum atomic E-state index is -0.317. The molecule has 0 aromatic heterocycles. The smallest absolute Gasteiger partial charge is 0.170 e. The number of carbonyl (C=O) groups is 1. The van der Waals surface area contributed by atoms with Crippen LogP contribution in [0.4, 0.5) is 4.39 Å². The molecule has 2 aromatic rings. The summed E-state index contributed by atoms with van der Waals surface area (Å²) in [6.45, 7) is 2.04. The first kappa shape index (κ1) is 17.5. The van der Waals surface area contributed by atoms with Crippen molar-refractivity contribution in [2.45, 2.75) is 32.6 Å². The molecule has 0 aliphatic heterocycles. The number of aryl methyl sites for hydroxylation is 1. The molecule has 2 aromatic carbocycles. The van der Waals surface area contributed by atoms with Crippen molar-refractivity contribution in [3.63, 3.8) is 0 Å². The van der Waals surface area contributed by atoms with Gasteiger partial charge in [0.15, 0.2) is 5.78 Å². The van der Waals surface area contributed by atoms with Crippen LogP contribution in [0.1, 0.15) is 37.3 Å². The number of benzene rings is 2. The fourth-order valence-corrected chi connectivity index (χ4v) is 5.59. The first-order chi connectivity index (χ1) is 13.6. The van der Waals surface area contributed by atoms with Crippen LogP contribution < -0.4 is 4.74 Å². The largest absolute Gasteiger partial charge is 0.511 e. The molecule has 3 aliphatic rings. The maximum atomic E-state index is 13.3. The first-order valence-electron chi connectivity index (χ1n) is 10.1. The Morgan fingerprint density at radius 1 is 1.04 bits per heavy atom. The van der Waals surface area contributed by atoms with Gasteiger partial charge < -0.3 is 9.84 Å². The maximum Gasteiger partial charge on any atom is 0.170 e. The van der Waals surface area contributed by atoms with E-state index in [1.807, 2.05) is 25.1 Å². The van der Waals surface area contributed by atoms with Gasteiger partial charge in [-0.25, -0.2) is 4.39 Å². The van der Waals surface area contributed by atoms with Crippen LogP contribution in [0, 0.1) is 29.5 Å². The summed E-state index contributed by atoms with van der Waals surface area (Å²) >= 11 is 0. The second kappa shape index (κ2) is 6.47. The fourth-order valence-electron chi connectivity index (χ4n) is 5.59. The topological polar surface area (TPSA) is 46.5 Å². The third kappa shape index (κ3) is 2.58. The molecular weight excluding hydrogens is 355 g/mol. The van der Waals surface area contributed by atoms with E-state index in [0.717, 1.165) is 36.8 Å². The highest BCUT2D eigenvalue weighted by atomic mass is 19.1. The van der Waals surface area contributed by atoms with E-state index in [2.05, 4.69) is 0 Å². The van der Waals surface area contributed by atoms with Crippen molar-refractivity contribution in [2.75, 3.05) is 0 Å². The molecule has 2 saturated carbocycles. The molecule has 28 heavy (non-hydrogen) atoms. The molecular formula is C24H23FO3. The third-order valence-corrected chi connectivity index (χ3v) is 6.82. The van der Waals surface area contributed by atoms with E-state index in [-0.39, 0.29) is 29.2 Å². The fraction of sp³-hybridized carbons (Fsp3) is 0.375. The predicted molar refractivity (Wildman–Crippen MR) is 105 cm³/mol. The number of halogens is 1. The predicted octanol–water partition coefficient (Wildman–Crippen LogP) is 5.69. The summed E-state index contributed by atoms with van der Waals surface area (Å²) in [5.41, 5.74) is 2.29. The molecule has 2 fully saturated rings. The lowest BCUT2D eigenvalue weighted by molar-refractivity contribution is -0.118. The van der Waals surface area contributed by atoms with Crippen LogP contribution >= 0.6 is 0 Å². The summed E-state index contributed by atoms with van der Waals surface area (Å²) in [6.07, 6.45) is 4.06. The Balaban J connectivity index is 1.53. The van der Waals surface area contributed by atoms with Crippen molar-refractivity contribution in [3.8, 4) is 11.5 Å². The van der Waals surface area contributed by atoms with Crippen molar-refractivity contribution < 1.29 is 19.0 Å². The van der Waals surface area contributed by atoms with Gasteiger partial charge >= 0.3 is 0 Å². The molecule has 0 amide bonds. The Hall–Kier alpha value is -2.62. The average Bonchev–Trinajstić information content (AvgIpc) is 3.37. The number of rotatable bonds is 4. The Kier molecular flexibility index (Phi) is 4.04. The molecule has 0 heterocycles. The lowest BCUT2D eigenvalue weighted by Crippen LogP contribution is -2.24. The SMILES string of the molecule is CCc1ccc(Oc2ccc(F)cc2)cc1C1=C(O)[C@@H]2[C@@H]3CC[C@@H](C3)[C@@H]2C1=O. The van der Waals surface area contributed by atoms with E-state index in [1.165, 1.54) is 12.1 Å². The summed E-state index contributed by atoms with van der Waals surface area (Å²) < 4.78 is 19.0. The average molecular weight is 378 g/mol. The highest BCUT2D eigenvalue weighted by molar-refractivity contribution is 6.25. The molecule has 4 heteroatoms. The van der Waals surface area contributed by atoms with Gasteiger partial charge in [-0.05, 0) is 85.0 Å². The lowest BCUT2D eigenvalue weighted by Gasteiger charge is -2.23. The van der Waals surface area contributed by atoms with E-state index >= 15 is 0 Å². The minimum Gasteiger partial charge on any atom is -0.511 e. The summed E-state index contributed by atoms with van der Waals surface area (Å²) in [5, 5.41) is 11.0. The summed E-state index contributed by atoms with van der Waals surface area (Å²) in [5.74, 6) is 2.01. The Morgan fingerprint density at radius 2 is 1.71 bits per heavy atom. The number of hydrogen-bond donors (Lipinski definition) is 1. The highest BCUT2D eigenvalue weighted by Gasteiger charge is 2.57. The number of aliphatic hydroxyl groups excluding tert-OH is 1. The number of hydrogen-bond acceptors (Lipinski definition) is 3. The molecule has 3 aliphatic carbocycles. The van der Waals surface area contributed by atoms with E-state index in [0.29, 0.717) is 28.9 Å². The summed E-state index contributed by atoms with van der Waals surface area (Å²) in [7, 11) is 0. The molecule has 0 radical (unpaired) electrons. The molecule has 0 unspecified atom stereocenters. The van der Waals surface area contributed by atoms with E-state index < -0.39 is 0 Å². The number of Topliss-reactive ketones (excluding diaryl/α,β-unsaturated/α-hetero) is 1. The lowest BCUT2D eigenvalue weighted by atomic mass is 9.80. The zero-order valence-electron chi connectivity index (χ0n) is 15.8. The molecule has 1 N–H and O–H groups in total. The summed E-state index contributed by atoms with van der Waals surface area (Å²) in [4.78, 5) is 13.3. The standard InChI is InChI=1S/C24H23FO3/c1-2-13-5-8-18(28-17-9-6-16(25)7-10-17)12-19(13)22-23(26)20-14-3-4-15(11-14)21(20)24(22)27/h5-10,12,14-15,20-21,26H,2-4,11H2,1H3/t14-,15+,20-,21+/m1/s1. The molecule has 0 saturated heterocycles. The van der Waals surface area contributed by atoms with Gasteiger partial charge in [0, 0.05) is 11.8 Å². The van der Waals surface area contributed by atoms with Gasteiger partial charge in [-0.15, -0.1) is 0 Å². The molecule has 0 spiro atoms. The molecule has 4 atom stereocenters. The van der Waals surface area contributed by atoms with Crippen LogP contribution in [0.2, 0.25) is 0 Å². The zero-order chi connectivity index (χ0) is 19.4. The van der Waals surface area contributed by atoms with Crippen molar-refractivity contribution in [2.24, 2.45) is 23.7 Å². The first-order valence-corrected chi connectivity index (χ1v) is 10.1.